The Labute approximate surface area is 182 Å². The molecule has 3 N–H and O–H groups in total. The fourth-order valence-electron chi connectivity index (χ4n) is 4.85. The van der Waals surface area contributed by atoms with Crippen LogP contribution in [0, 0.1) is 11.3 Å². The molecule has 10 nitrogen and oxygen atoms in total. The third-order valence-corrected chi connectivity index (χ3v) is 6.40. The smallest absolute Gasteiger partial charge is 0.230 e. The summed E-state index contributed by atoms with van der Waals surface area (Å²) in [6.07, 6.45) is 6.31. The van der Waals surface area contributed by atoms with Crippen LogP contribution in [-0.4, -0.2) is 69.0 Å². The molecule has 2 aliphatic heterocycles. The third kappa shape index (κ3) is 4.73. The quantitative estimate of drug-likeness (QED) is 0.582. The number of piperidine rings is 2. The molecule has 3 atom stereocenters. The van der Waals surface area contributed by atoms with Gasteiger partial charge >= 0.3 is 0 Å². The number of hydrogen-bond acceptors (Lipinski definition) is 9. The molecule has 2 aromatic rings. The SMILES string of the molecule is COc1cc(Nc2cc(CO)[nH]n2)nc(N(C)[C@H]2C[C@H]3CCC[C@@H](C2)N3CCC#N)n1. The highest BCUT2D eigenvalue weighted by Crippen LogP contribution is 2.36. The Hall–Kier alpha value is -2.90. The number of aliphatic hydroxyl groups is 1. The predicted octanol–water partition coefficient (Wildman–Crippen LogP) is 2.18. The lowest BCUT2D eigenvalue weighted by Gasteiger charge is -2.50. The van der Waals surface area contributed by atoms with Crippen LogP contribution in [0.3, 0.4) is 0 Å². The lowest BCUT2D eigenvalue weighted by atomic mass is 9.81. The molecule has 2 aliphatic rings. The van der Waals surface area contributed by atoms with Gasteiger partial charge in [0.25, 0.3) is 0 Å². The molecule has 0 spiro atoms. The highest BCUT2D eigenvalue weighted by Gasteiger charge is 2.39. The second-order valence-corrected chi connectivity index (χ2v) is 8.28. The van der Waals surface area contributed by atoms with Gasteiger partial charge in [0.05, 0.1) is 25.5 Å². The highest BCUT2D eigenvalue weighted by atomic mass is 16.5. The molecule has 166 valence electrons. The van der Waals surface area contributed by atoms with Crippen LogP contribution in [0.2, 0.25) is 0 Å². The number of methoxy groups -OCH3 is 1. The zero-order valence-corrected chi connectivity index (χ0v) is 18.1. The van der Waals surface area contributed by atoms with Crippen molar-refractivity contribution in [3.8, 4) is 11.9 Å². The minimum atomic E-state index is -0.106. The van der Waals surface area contributed by atoms with E-state index in [9.17, 15) is 5.11 Å². The maximum absolute atomic E-state index is 9.22. The summed E-state index contributed by atoms with van der Waals surface area (Å²) in [6, 6.07) is 7.11. The molecule has 10 heteroatoms. The minimum absolute atomic E-state index is 0.106. The van der Waals surface area contributed by atoms with E-state index >= 15 is 0 Å². The van der Waals surface area contributed by atoms with Crippen LogP contribution in [0.25, 0.3) is 0 Å². The number of nitriles is 1. The molecule has 0 radical (unpaired) electrons. The van der Waals surface area contributed by atoms with Gasteiger partial charge in [-0.25, -0.2) is 0 Å². The minimum Gasteiger partial charge on any atom is -0.481 e. The fraction of sp³-hybridized carbons (Fsp3) is 0.619. The van der Waals surface area contributed by atoms with Crippen LogP contribution in [0.1, 0.15) is 44.2 Å². The van der Waals surface area contributed by atoms with Gasteiger partial charge in [0.1, 0.15) is 5.82 Å². The van der Waals surface area contributed by atoms with E-state index in [0.29, 0.717) is 53.7 Å². The Kier molecular flexibility index (Phi) is 6.53. The molecule has 2 aromatic heterocycles. The maximum Gasteiger partial charge on any atom is 0.230 e. The fourth-order valence-corrected chi connectivity index (χ4v) is 4.85. The molecule has 2 bridgehead atoms. The molecule has 0 saturated carbocycles. The highest BCUT2D eigenvalue weighted by molar-refractivity contribution is 5.55. The first-order valence-corrected chi connectivity index (χ1v) is 10.8. The summed E-state index contributed by atoms with van der Waals surface area (Å²) in [5, 5.41) is 28.3. The summed E-state index contributed by atoms with van der Waals surface area (Å²) in [7, 11) is 3.63. The van der Waals surface area contributed by atoms with Crippen molar-refractivity contribution in [1.29, 1.82) is 5.26 Å². The molecule has 0 aromatic carbocycles. The van der Waals surface area contributed by atoms with Crippen LogP contribution in [0.4, 0.5) is 17.6 Å². The molecule has 0 aliphatic carbocycles. The normalized spacial score (nSPS) is 23.2. The van der Waals surface area contributed by atoms with Gasteiger partial charge in [-0.15, -0.1) is 0 Å². The first-order chi connectivity index (χ1) is 15.1. The van der Waals surface area contributed by atoms with E-state index in [-0.39, 0.29) is 6.61 Å². The summed E-state index contributed by atoms with van der Waals surface area (Å²) in [5.74, 6) is 2.23. The topological polar surface area (TPSA) is 126 Å². The van der Waals surface area contributed by atoms with Gasteiger partial charge in [-0.1, -0.05) is 6.42 Å². The summed E-state index contributed by atoms with van der Waals surface area (Å²) < 4.78 is 5.41. The van der Waals surface area contributed by atoms with E-state index in [0.717, 1.165) is 19.4 Å². The van der Waals surface area contributed by atoms with Gasteiger partial charge in [0.2, 0.25) is 11.8 Å². The number of nitrogens with one attached hydrogen (secondary N) is 2. The number of fused-ring (bicyclic) bond motifs is 2. The van der Waals surface area contributed by atoms with Crippen molar-refractivity contribution in [1.82, 2.24) is 25.1 Å². The molecule has 4 rings (SSSR count). The van der Waals surface area contributed by atoms with Crippen molar-refractivity contribution in [2.24, 2.45) is 0 Å². The summed E-state index contributed by atoms with van der Waals surface area (Å²) in [4.78, 5) is 14.0. The number of anilines is 3. The maximum atomic E-state index is 9.22. The second kappa shape index (κ2) is 9.49. The summed E-state index contributed by atoms with van der Waals surface area (Å²) in [6.45, 7) is 0.761. The Morgan fingerprint density at radius 2 is 2.06 bits per heavy atom. The monoisotopic (exact) mass is 426 g/mol. The molecule has 31 heavy (non-hydrogen) atoms. The van der Waals surface area contributed by atoms with E-state index in [4.69, 9.17) is 15.0 Å². The number of rotatable bonds is 8. The van der Waals surface area contributed by atoms with Crippen LogP contribution in [0.5, 0.6) is 5.88 Å². The molecular weight excluding hydrogens is 396 g/mol. The Morgan fingerprint density at radius 3 is 2.71 bits per heavy atom. The van der Waals surface area contributed by atoms with Crippen LogP contribution < -0.4 is 15.0 Å². The average Bonchev–Trinajstić information content (AvgIpc) is 3.23. The van der Waals surface area contributed by atoms with Gasteiger partial charge in [-0.05, 0) is 25.7 Å². The van der Waals surface area contributed by atoms with Gasteiger partial charge in [-0.3, -0.25) is 10.00 Å². The standard InChI is InChI=1S/C21H30N8O2/c1-28(17-10-15-5-3-6-16(11-17)29(15)8-4-7-22)21-24-18(12-20(25-21)31-2)23-19-9-14(13-30)26-27-19/h9,12,15-17,30H,3-6,8,10-11,13H2,1-2H3,(H2,23,24,25,26,27)/t15-,16+,17+. The average molecular weight is 427 g/mol. The Morgan fingerprint density at radius 1 is 1.29 bits per heavy atom. The van der Waals surface area contributed by atoms with Gasteiger partial charge in [0.15, 0.2) is 5.82 Å². The number of hydrogen-bond donors (Lipinski definition) is 3. The lowest BCUT2D eigenvalue weighted by molar-refractivity contribution is 0.0325. The van der Waals surface area contributed by atoms with Crippen molar-refractivity contribution in [2.75, 3.05) is 30.9 Å². The zero-order valence-electron chi connectivity index (χ0n) is 18.1. The molecule has 0 unspecified atom stereocenters. The molecular formula is C21H30N8O2. The Balaban J connectivity index is 1.51. The molecule has 0 amide bonds. The number of H-pyrrole nitrogens is 1. The van der Waals surface area contributed by atoms with Crippen LogP contribution >= 0.6 is 0 Å². The molecule has 2 fully saturated rings. The van der Waals surface area contributed by atoms with E-state index in [1.807, 2.05) is 7.05 Å². The van der Waals surface area contributed by atoms with E-state index in [1.165, 1.54) is 19.3 Å². The van der Waals surface area contributed by atoms with Crippen LogP contribution in [-0.2, 0) is 6.61 Å². The van der Waals surface area contributed by atoms with E-state index < -0.39 is 0 Å². The van der Waals surface area contributed by atoms with Crippen molar-refractivity contribution >= 4 is 17.6 Å². The molecule has 4 heterocycles. The van der Waals surface area contributed by atoms with E-state index in [2.05, 4.69) is 36.4 Å². The number of aromatic nitrogens is 4. The largest absolute Gasteiger partial charge is 0.481 e. The van der Waals surface area contributed by atoms with Gasteiger partial charge < -0.3 is 20.1 Å². The molecule has 2 saturated heterocycles. The van der Waals surface area contributed by atoms with Crippen molar-refractivity contribution in [3.63, 3.8) is 0 Å². The number of nitrogens with zero attached hydrogens (tertiary/aromatic N) is 6. The number of aliphatic hydroxyl groups excluding tert-OH is 1. The first-order valence-electron chi connectivity index (χ1n) is 10.8. The number of ether oxygens (including phenoxy) is 1. The van der Waals surface area contributed by atoms with Gasteiger partial charge in [0, 0.05) is 50.3 Å². The zero-order chi connectivity index (χ0) is 21.8. The second-order valence-electron chi connectivity index (χ2n) is 8.28. The van der Waals surface area contributed by atoms with E-state index in [1.54, 1.807) is 19.2 Å². The predicted molar refractivity (Wildman–Crippen MR) is 116 cm³/mol. The first kappa shape index (κ1) is 21.3. The Bertz CT molecular complexity index is 912. The van der Waals surface area contributed by atoms with Crippen molar-refractivity contribution < 1.29 is 9.84 Å². The van der Waals surface area contributed by atoms with Crippen molar-refractivity contribution in [2.45, 2.75) is 63.3 Å². The summed E-state index contributed by atoms with van der Waals surface area (Å²) >= 11 is 0. The van der Waals surface area contributed by atoms with Gasteiger partial charge in [-0.2, -0.15) is 20.3 Å². The van der Waals surface area contributed by atoms with Crippen molar-refractivity contribution in [3.05, 3.63) is 17.8 Å². The van der Waals surface area contributed by atoms with Crippen LogP contribution in [0.15, 0.2) is 12.1 Å². The summed E-state index contributed by atoms with van der Waals surface area (Å²) in [5.41, 5.74) is 0.621. The third-order valence-electron chi connectivity index (χ3n) is 6.40. The lowest BCUT2D eigenvalue weighted by Crippen LogP contribution is -2.56. The number of aromatic amines is 1.